The molecule has 1 aromatic carbocycles. The van der Waals surface area contributed by atoms with E-state index in [9.17, 15) is 12.8 Å². The zero-order chi connectivity index (χ0) is 14.2. The Kier molecular flexibility index (Phi) is 3.94. The normalized spacial score (nSPS) is 22.5. The van der Waals surface area contributed by atoms with Gasteiger partial charge in [0.15, 0.2) is 0 Å². The molecule has 2 unspecified atom stereocenters. The average Bonchev–Trinajstić information content (AvgIpc) is 3.06. The predicted octanol–water partition coefficient (Wildman–Crippen LogP) is 1.56. The number of aliphatic hydroxyl groups excluding tert-OH is 1. The molecular weight excluding hydrogens is 269 g/mol. The average molecular weight is 287 g/mol. The Morgan fingerprint density at radius 2 is 2.11 bits per heavy atom. The van der Waals surface area contributed by atoms with Crippen LogP contribution in [0.3, 0.4) is 0 Å². The SMILES string of the molecule is Cc1c(F)cc(CO)cc1S(=O)(=O)NCC1CC1C. The molecule has 2 N–H and O–H groups in total. The fourth-order valence-corrected chi connectivity index (χ4v) is 3.45. The Labute approximate surface area is 112 Å². The lowest BCUT2D eigenvalue weighted by molar-refractivity contribution is 0.281. The molecule has 0 spiro atoms. The van der Waals surface area contributed by atoms with Crippen LogP contribution in [0, 0.1) is 24.6 Å². The van der Waals surface area contributed by atoms with Crippen molar-refractivity contribution < 1.29 is 17.9 Å². The molecule has 0 heterocycles. The molecule has 6 heteroatoms. The van der Waals surface area contributed by atoms with Crippen molar-refractivity contribution in [3.8, 4) is 0 Å². The highest BCUT2D eigenvalue weighted by atomic mass is 32.2. The standard InChI is InChI=1S/C13H18FNO3S/c1-8-3-11(8)6-15-19(17,18)13-5-10(7-16)4-12(14)9(13)2/h4-5,8,11,15-16H,3,6-7H2,1-2H3. The zero-order valence-corrected chi connectivity index (χ0v) is 11.8. The van der Waals surface area contributed by atoms with Crippen molar-refractivity contribution in [3.63, 3.8) is 0 Å². The summed E-state index contributed by atoms with van der Waals surface area (Å²) >= 11 is 0. The molecule has 2 rings (SSSR count). The van der Waals surface area contributed by atoms with E-state index in [0.29, 0.717) is 18.4 Å². The number of nitrogens with one attached hydrogen (secondary N) is 1. The van der Waals surface area contributed by atoms with Crippen LogP contribution in [0.25, 0.3) is 0 Å². The Hall–Kier alpha value is -0.980. The molecule has 4 nitrogen and oxygen atoms in total. The summed E-state index contributed by atoms with van der Waals surface area (Å²) in [5.41, 5.74) is 0.330. The number of rotatable bonds is 5. The van der Waals surface area contributed by atoms with E-state index >= 15 is 0 Å². The number of sulfonamides is 1. The van der Waals surface area contributed by atoms with Crippen LogP contribution in [0.15, 0.2) is 17.0 Å². The van der Waals surface area contributed by atoms with Gasteiger partial charge in [0.2, 0.25) is 10.0 Å². The van der Waals surface area contributed by atoms with Gasteiger partial charge in [0.25, 0.3) is 0 Å². The van der Waals surface area contributed by atoms with Crippen LogP contribution in [0.1, 0.15) is 24.5 Å². The van der Waals surface area contributed by atoms with E-state index in [4.69, 9.17) is 5.11 Å². The number of hydrogen-bond acceptors (Lipinski definition) is 3. The summed E-state index contributed by atoms with van der Waals surface area (Å²) in [4.78, 5) is -0.0927. The number of benzene rings is 1. The van der Waals surface area contributed by atoms with Crippen molar-refractivity contribution >= 4 is 10.0 Å². The highest BCUT2D eigenvalue weighted by Crippen LogP contribution is 2.37. The summed E-state index contributed by atoms with van der Waals surface area (Å²) < 4.78 is 40.4. The number of halogens is 1. The van der Waals surface area contributed by atoms with Crippen molar-refractivity contribution in [2.75, 3.05) is 6.54 Å². The molecule has 0 radical (unpaired) electrons. The molecule has 0 aromatic heterocycles. The summed E-state index contributed by atoms with van der Waals surface area (Å²) in [7, 11) is -3.73. The molecule has 19 heavy (non-hydrogen) atoms. The van der Waals surface area contributed by atoms with Crippen LogP contribution in [0.5, 0.6) is 0 Å². The molecule has 1 saturated carbocycles. The van der Waals surface area contributed by atoms with Gasteiger partial charge in [0, 0.05) is 12.1 Å². The fourth-order valence-electron chi connectivity index (χ4n) is 2.06. The smallest absolute Gasteiger partial charge is 0.240 e. The molecule has 1 fully saturated rings. The third-order valence-corrected chi connectivity index (χ3v) is 5.19. The lowest BCUT2D eigenvalue weighted by atomic mass is 10.1. The van der Waals surface area contributed by atoms with Crippen LogP contribution in [0.4, 0.5) is 4.39 Å². The molecule has 0 amide bonds. The topological polar surface area (TPSA) is 66.4 Å². The highest BCUT2D eigenvalue weighted by molar-refractivity contribution is 7.89. The zero-order valence-electron chi connectivity index (χ0n) is 11.0. The van der Waals surface area contributed by atoms with Gasteiger partial charge in [-0.05, 0) is 42.9 Å². The van der Waals surface area contributed by atoms with Crippen molar-refractivity contribution in [2.45, 2.75) is 31.8 Å². The maximum absolute atomic E-state index is 13.6. The largest absolute Gasteiger partial charge is 0.392 e. The predicted molar refractivity (Wildman–Crippen MR) is 69.5 cm³/mol. The summed E-state index contributed by atoms with van der Waals surface area (Å²) in [5.74, 6) is 0.303. The Bertz CT molecular complexity index is 586. The Balaban J connectivity index is 2.25. The van der Waals surface area contributed by atoms with Crippen LogP contribution >= 0.6 is 0 Å². The van der Waals surface area contributed by atoms with Gasteiger partial charge >= 0.3 is 0 Å². The second-order valence-corrected chi connectivity index (χ2v) is 6.92. The van der Waals surface area contributed by atoms with Gasteiger partial charge in [-0.2, -0.15) is 0 Å². The van der Waals surface area contributed by atoms with Gasteiger partial charge in [-0.1, -0.05) is 6.92 Å². The van der Waals surface area contributed by atoms with Gasteiger partial charge in [0.05, 0.1) is 11.5 Å². The third kappa shape index (κ3) is 3.13. The van der Waals surface area contributed by atoms with Crippen molar-refractivity contribution in [1.82, 2.24) is 4.72 Å². The maximum Gasteiger partial charge on any atom is 0.240 e. The van der Waals surface area contributed by atoms with Crippen molar-refractivity contribution in [1.29, 1.82) is 0 Å². The molecule has 0 bridgehead atoms. The maximum atomic E-state index is 13.6. The molecule has 106 valence electrons. The summed E-state index contributed by atoms with van der Waals surface area (Å²) in [6, 6.07) is 2.47. The lowest BCUT2D eigenvalue weighted by Gasteiger charge is -2.11. The van der Waals surface area contributed by atoms with Crippen molar-refractivity contribution in [3.05, 3.63) is 29.1 Å². The van der Waals surface area contributed by atoms with Crippen LogP contribution in [-0.4, -0.2) is 20.1 Å². The summed E-state index contributed by atoms with van der Waals surface area (Å²) in [6.07, 6.45) is 1.02. The number of aliphatic hydroxyl groups is 1. The van der Waals surface area contributed by atoms with Gasteiger partial charge in [-0.15, -0.1) is 0 Å². The van der Waals surface area contributed by atoms with Gasteiger partial charge in [-0.3, -0.25) is 0 Å². The molecule has 1 aliphatic carbocycles. The van der Waals surface area contributed by atoms with Gasteiger partial charge < -0.3 is 5.11 Å². The summed E-state index contributed by atoms with van der Waals surface area (Å²) in [6.45, 7) is 3.48. The lowest BCUT2D eigenvalue weighted by Crippen LogP contribution is -2.27. The van der Waals surface area contributed by atoms with E-state index in [1.54, 1.807) is 0 Å². The monoisotopic (exact) mass is 287 g/mol. The molecule has 1 aliphatic rings. The van der Waals surface area contributed by atoms with Gasteiger partial charge in [0.1, 0.15) is 5.82 Å². The minimum atomic E-state index is -3.73. The van der Waals surface area contributed by atoms with E-state index < -0.39 is 15.8 Å². The minimum absolute atomic E-state index is 0.0774. The van der Waals surface area contributed by atoms with E-state index in [-0.39, 0.29) is 22.6 Å². The summed E-state index contributed by atoms with van der Waals surface area (Å²) in [5, 5.41) is 9.02. The van der Waals surface area contributed by atoms with E-state index in [0.717, 1.165) is 12.5 Å². The molecule has 0 aliphatic heterocycles. The van der Waals surface area contributed by atoms with Crippen molar-refractivity contribution in [2.24, 2.45) is 11.8 Å². The Morgan fingerprint density at radius 3 is 2.63 bits per heavy atom. The third-order valence-electron chi connectivity index (χ3n) is 3.64. The van der Waals surface area contributed by atoms with E-state index in [1.807, 2.05) is 0 Å². The van der Waals surface area contributed by atoms with Gasteiger partial charge in [-0.25, -0.2) is 17.5 Å². The first-order valence-corrected chi connectivity index (χ1v) is 7.73. The van der Waals surface area contributed by atoms with Crippen LogP contribution < -0.4 is 4.72 Å². The molecule has 0 saturated heterocycles. The fraction of sp³-hybridized carbons (Fsp3) is 0.538. The number of hydrogen-bond donors (Lipinski definition) is 2. The minimum Gasteiger partial charge on any atom is -0.392 e. The first kappa shape index (κ1) is 14.4. The first-order valence-electron chi connectivity index (χ1n) is 6.24. The van der Waals surface area contributed by atoms with Crippen LogP contribution in [-0.2, 0) is 16.6 Å². The van der Waals surface area contributed by atoms with Crippen LogP contribution in [0.2, 0.25) is 0 Å². The quantitative estimate of drug-likeness (QED) is 0.863. The molecule has 2 atom stereocenters. The van der Waals surface area contributed by atoms with E-state index in [2.05, 4.69) is 11.6 Å². The second kappa shape index (κ2) is 5.19. The molecular formula is C13H18FNO3S. The second-order valence-electron chi connectivity index (χ2n) is 5.18. The molecule has 1 aromatic rings. The highest BCUT2D eigenvalue weighted by Gasteiger charge is 2.33. The Morgan fingerprint density at radius 1 is 1.47 bits per heavy atom. The van der Waals surface area contributed by atoms with E-state index in [1.165, 1.54) is 13.0 Å². The first-order chi connectivity index (χ1) is 8.85.